The van der Waals surface area contributed by atoms with Crippen LogP contribution in [0.1, 0.15) is 17.0 Å². The summed E-state index contributed by atoms with van der Waals surface area (Å²) in [6.07, 6.45) is 0.337. The van der Waals surface area contributed by atoms with Crippen molar-refractivity contribution in [2.45, 2.75) is 18.9 Å². The maximum absolute atomic E-state index is 10.8. The molecule has 0 radical (unpaired) electrons. The highest BCUT2D eigenvalue weighted by atomic mass is 35.5. The SMILES string of the molecule is Cc1nn(C)c(CC(O)(CN)c2ccccc2)c1Cl. The Balaban J connectivity index is 2.39. The molecule has 2 rings (SSSR count). The summed E-state index contributed by atoms with van der Waals surface area (Å²) in [7, 11) is 1.82. The smallest absolute Gasteiger partial charge is 0.107 e. The lowest BCUT2D eigenvalue weighted by atomic mass is 9.89. The second kappa shape index (κ2) is 5.33. The molecule has 0 aliphatic heterocycles. The number of hydrogen-bond donors (Lipinski definition) is 2. The molecule has 5 heteroatoms. The van der Waals surface area contributed by atoms with Crippen LogP contribution in [0, 0.1) is 6.92 Å². The van der Waals surface area contributed by atoms with Gasteiger partial charge in [0.1, 0.15) is 5.60 Å². The fourth-order valence-corrected chi connectivity index (χ4v) is 2.42. The van der Waals surface area contributed by atoms with E-state index in [1.165, 1.54) is 0 Å². The number of benzene rings is 1. The van der Waals surface area contributed by atoms with Crippen LogP contribution in [0.25, 0.3) is 0 Å². The van der Waals surface area contributed by atoms with Gasteiger partial charge in [0.15, 0.2) is 0 Å². The van der Waals surface area contributed by atoms with Gasteiger partial charge in [0.2, 0.25) is 0 Å². The van der Waals surface area contributed by atoms with Crippen LogP contribution in [0.5, 0.6) is 0 Å². The van der Waals surface area contributed by atoms with Crippen LogP contribution in [-0.4, -0.2) is 21.4 Å². The van der Waals surface area contributed by atoms with Crippen molar-refractivity contribution in [1.82, 2.24) is 9.78 Å². The number of aromatic nitrogens is 2. The summed E-state index contributed by atoms with van der Waals surface area (Å²) in [5.41, 5.74) is 6.97. The monoisotopic (exact) mass is 279 g/mol. The van der Waals surface area contributed by atoms with Crippen molar-refractivity contribution in [2.75, 3.05) is 6.54 Å². The Kier molecular flexibility index (Phi) is 3.94. The number of hydrogen-bond acceptors (Lipinski definition) is 3. The summed E-state index contributed by atoms with van der Waals surface area (Å²) >= 11 is 6.23. The highest BCUT2D eigenvalue weighted by molar-refractivity contribution is 6.31. The summed E-state index contributed by atoms with van der Waals surface area (Å²) in [5, 5.41) is 15.6. The van der Waals surface area contributed by atoms with Crippen molar-refractivity contribution in [3.8, 4) is 0 Å². The van der Waals surface area contributed by atoms with Gasteiger partial charge < -0.3 is 10.8 Å². The van der Waals surface area contributed by atoms with Crippen LogP contribution in [-0.2, 0) is 19.1 Å². The average molecular weight is 280 g/mol. The van der Waals surface area contributed by atoms with E-state index < -0.39 is 5.60 Å². The first-order chi connectivity index (χ1) is 8.98. The Hall–Kier alpha value is -1.36. The number of rotatable bonds is 4. The van der Waals surface area contributed by atoms with Gasteiger partial charge in [-0.2, -0.15) is 5.10 Å². The molecule has 0 saturated heterocycles. The molecule has 1 unspecified atom stereocenters. The van der Waals surface area contributed by atoms with Gasteiger partial charge in [0, 0.05) is 20.0 Å². The fraction of sp³-hybridized carbons (Fsp3) is 0.357. The number of aliphatic hydroxyl groups is 1. The summed E-state index contributed by atoms with van der Waals surface area (Å²) in [6, 6.07) is 9.40. The predicted octanol–water partition coefficient (Wildman–Crippen LogP) is 1.77. The molecule has 1 aromatic heterocycles. The van der Waals surface area contributed by atoms with Gasteiger partial charge in [-0.1, -0.05) is 41.9 Å². The lowest BCUT2D eigenvalue weighted by molar-refractivity contribution is 0.0444. The van der Waals surface area contributed by atoms with Gasteiger partial charge in [-0.15, -0.1) is 0 Å². The van der Waals surface area contributed by atoms with Gasteiger partial charge in [-0.3, -0.25) is 4.68 Å². The zero-order valence-corrected chi connectivity index (χ0v) is 11.9. The van der Waals surface area contributed by atoms with E-state index in [1.807, 2.05) is 44.3 Å². The summed E-state index contributed by atoms with van der Waals surface area (Å²) in [5.74, 6) is 0. The van der Waals surface area contributed by atoms with Crippen molar-refractivity contribution in [3.63, 3.8) is 0 Å². The van der Waals surface area contributed by atoms with Gasteiger partial charge in [-0.25, -0.2) is 0 Å². The van der Waals surface area contributed by atoms with Crippen LogP contribution in [0.3, 0.4) is 0 Å². The standard InChI is InChI=1S/C14H18ClN3O/c1-10-13(15)12(18(2)17-10)8-14(19,9-16)11-6-4-3-5-7-11/h3-7,19H,8-9,16H2,1-2H3. The topological polar surface area (TPSA) is 64.1 Å². The van der Waals surface area contributed by atoms with Crippen LogP contribution < -0.4 is 5.73 Å². The van der Waals surface area contributed by atoms with Crippen molar-refractivity contribution in [1.29, 1.82) is 0 Å². The molecular formula is C14H18ClN3O. The third-order valence-corrected chi connectivity index (χ3v) is 3.86. The molecule has 2 aromatic rings. The first kappa shape index (κ1) is 14.1. The van der Waals surface area contributed by atoms with Gasteiger partial charge in [0.05, 0.1) is 16.4 Å². The number of halogens is 1. The summed E-state index contributed by atoms with van der Waals surface area (Å²) in [6.45, 7) is 1.97. The minimum atomic E-state index is -1.13. The van der Waals surface area contributed by atoms with Gasteiger partial charge >= 0.3 is 0 Å². The van der Waals surface area contributed by atoms with Crippen LogP contribution in [0.15, 0.2) is 30.3 Å². The van der Waals surface area contributed by atoms with E-state index in [4.69, 9.17) is 17.3 Å². The first-order valence-electron chi connectivity index (χ1n) is 6.14. The lowest BCUT2D eigenvalue weighted by Crippen LogP contribution is -2.37. The summed E-state index contributed by atoms with van der Waals surface area (Å²) in [4.78, 5) is 0. The molecule has 0 fully saturated rings. The second-order valence-electron chi connectivity index (χ2n) is 4.75. The molecule has 19 heavy (non-hydrogen) atoms. The van der Waals surface area contributed by atoms with Crippen LogP contribution in [0.4, 0.5) is 0 Å². The van der Waals surface area contributed by atoms with Crippen molar-refractivity contribution in [2.24, 2.45) is 12.8 Å². The molecule has 0 amide bonds. The van der Waals surface area contributed by atoms with E-state index >= 15 is 0 Å². The van der Waals surface area contributed by atoms with E-state index in [-0.39, 0.29) is 6.54 Å². The molecule has 1 atom stereocenters. The number of nitrogens with two attached hydrogens (primary N) is 1. The molecule has 0 saturated carbocycles. The van der Waals surface area contributed by atoms with E-state index in [0.29, 0.717) is 11.4 Å². The quantitative estimate of drug-likeness (QED) is 0.897. The van der Waals surface area contributed by atoms with E-state index in [9.17, 15) is 5.11 Å². The second-order valence-corrected chi connectivity index (χ2v) is 5.13. The molecule has 1 heterocycles. The zero-order chi connectivity index (χ0) is 14.0. The van der Waals surface area contributed by atoms with Gasteiger partial charge in [0.25, 0.3) is 0 Å². The Morgan fingerprint density at radius 2 is 2.00 bits per heavy atom. The first-order valence-corrected chi connectivity index (χ1v) is 6.51. The van der Waals surface area contributed by atoms with E-state index in [2.05, 4.69) is 5.10 Å². The molecular weight excluding hydrogens is 262 g/mol. The van der Waals surface area contributed by atoms with Crippen LogP contribution >= 0.6 is 11.6 Å². The molecule has 0 spiro atoms. The lowest BCUT2D eigenvalue weighted by Gasteiger charge is -2.27. The Labute approximate surface area is 117 Å². The minimum absolute atomic E-state index is 0.123. The Morgan fingerprint density at radius 3 is 2.47 bits per heavy atom. The van der Waals surface area contributed by atoms with E-state index in [0.717, 1.165) is 17.0 Å². The molecule has 102 valence electrons. The molecule has 0 aliphatic rings. The fourth-order valence-electron chi connectivity index (χ4n) is 2.19. The summed E-state index contributed by atoms with van der Waals surface area (Å²) < 4.78 is 1.70. The minimum Gasteiger partial charge on any atom is -0.383 e. The van der Waals surface area contributed by atoms with Crippen LogP contribution in [0.2, 0.25) is 5.02 Å². The molecule has 0 bridgehead atoms. The van der Waals surface area contributed by atoms with Gasteiger partial charge in [-0.05, 0) is 12.5 Å². The molecule has 3 N–H and O–H groups in total. The zero-order valence-electron chi connectivity index (χ0n) is 11.1. The molecule has 4 nitrogen and oxygen atoms in total. The average Bonchev–Trinajstić information content (AvgIpc) is 2.66. The normalized spacial score (nSPS) is 14.4. The van der Waals surface area contributed by atoms with E-state index in [1.54, 1.807) is 4.68 Å². The molecule has 0 aliphatic carbocycles. The number of aryl methyl sites for hydroxylation is 2. The third-order valence-electron chi connectivity index (χ3n) is 3.37. The maximum Gasteiger partial charge on any atom is 0.107 e. The Morgan fingerprint density at radius 1 is 1.37 bits per heavy atom. The van der Waals surface area contributed by atoms with Crippen molar-refractivity contribution >= 4 is 11.6 Å². The van der Waals surface area contributed by atoms with Crippen molar-refractivity contribution in [3.05, 3.63) is 52.3 Å². The Bertz CT molecular complexity index is 568. The highest BCUT2D eigenvalue weighted by Gasteiger charge is 2.30. The number of nitrogens with zero attached hydrogens (tertiary/aromatic N) is 2. The largest absolute Gasteiger partial charge is 0.383 e. The maximum atomic E-state index is 10.8. The highest BCUT2D eigenvalue weighted by Crippen LogP contribution is 2.29. The molecule has 1 aromatic carbocycles. The third kappa shape index (κ3) is 2.66. The van der Waals surface area contributed by atoms with Crippen molar-refractivity contribution < 1.29 is 5.11 Å². The predicted molar refractivity (Wildman–Crippen MR) is 76.1 cm³/mol.